The SMILES string of the molecule is Cc1ccc(OC(=O)CSc2nc3c(c(-c4ccccc4)c2C#N)CN(C)CC3)cc1. The summed E-state index contributed by atoms with van der Waals surface area (Å²) in [5.74, 6) is 0.240. The summed E-state index contributed by atoms with van der Waals surface area (Å²) in [4.78, 5) is 19.4. The fourth-order valence-electron chi connectivity index (χ4n) is 3.70. The fourth-order valence-corrected chi connectivity index (χ4v) is 4.48. The van der Waals surface area contributed by atoms with Gasteiger partial charge in [0.05, 0.1) is 11.3 Å². The fraction of sp³-hybridized carbons (Fsp3) is 0.240. The molecule has 6 heteroatoms. The van der Waals surface area contributed by atoms with Gasteiger partial charge in [-0.1, -0.05) is 59.8 Å². The van der Waals surface area contributed by atoms with Crippen molar-refractivity contribution in [3.63, 3.8) is 0 Å². The highest BCUT2D eigenvalue weighted by molar-refractivity contribution is 7.99. The third kappa shape index (κ3) is 4.79. The largest absolute Gasteiger partial charge is 0.426 e. The van der Waals surface area contributed by atoms with Crippen LogP contribution in [0, 0.1) is 18.3 Å². The number of likely N-dealkylation sites (N-methyl/N-ethyl adjacent to an activating group) is 1. The number of pyridine rings is 1. The van der Waals surface area contributed by atoms with Crippen LogP contribution >= 0.6 is 11.8 Å². The average Bonchev–Trinajstić information content (AvgIpc) is 2.79. The van der Waals surface area contributed by atoms with Gasteiger partial charge < -0.3 is 9.64 Å². The summed E-state index contributed by atoms with van der Waals surface area (Å²) in [6.45, 7) is 3.65. The van der Waals surface area contributed by atoms with Gasteiger partial charge in [0.25, 0.3) is 0 Å². The molecule has 3 aromatic rings. The van der Waals surface area contributed by atoms with E-state index >= 15 is 0 Å². The van der Waals surface area contributed by atoms with Crippen LogP contribution in [-0.2, 0) is 17.8 Å². The van der Waals surface area contributed by atoms with Crippen LogP contribution in [-0.4, -0.2) is 35.2 Å². The van der Waals surface area contributed by atoms with Crippen molar-refractivity contribution in [3.05, 3.63) is 77.0 Å². The van der Waals surface area contributed by atoms with E-state index in [1.165, 1.54) is 11.8 Å². The summed E-state index contributed by atoms with van der Waals surface area (Å²) in [7, 11) is 2.08. The molecule has 0 spiro atoms. The number of benzene rings is 2. The van der Waals surface area contributed by atoms with Crippen LogP contribution in [0.5, 0.6) is 5.75 Å². The van der Waals surface area contributed by atoms with E-state index in [9.17, 15) is 10.1 Å². The van der Waals surface area contributed by atoms with Crippen LogP contribution in [0.4, 0.5) is 0 Å². The van der Waals surface area contributed by atoms with E-state index in [0.29, 0.717) is 16.3 Å². The van der Waals surface area contributed by atoms with E-state index in [1.807, 2.05) is 49.4 Å². The van der Waals surface area contributed by atoms with Gasteiger partial charge in [-0.25, -0.2) is 4.98 Å². The second-order valence-corrected chi connectivity index (χ2v) is 8.60. The lowest BCUT2D eigenvalue weighted by Crippen LogP contribution is -2.28. The first-order chi connectivity index (χ1) is 15.0. The van der Waals surface area contributed by atoms with Crippen LogP contribution in [0.15, 0.2) is 59.6 Å². The topological polar surface area (TPSA) is 66.2 Å². The molecule has 2 aromatic carbocycles. The molecule has 0 radical (unpaired) electrons. The first kappa shape index (κ1) is 21.1. The zero-order valence-electron chi connectivity index (χ0n) is 17.6. The van der Waals surface area contributed by atoms with Gasteiger partial charge in [0.1, 0.15) is 16.8 Å². The summed E-state index contributed by atoms with van der Waals surface area (Å²) in [5, 5.41) is 10.6. The van der Waals surface area contributed by atoms with Gasteiger partial charge in [0, 0.05) is 30.8 Å². The minimum atomic E-state index is -0.363. The van der Waals surface area contributed by atoms with Gasteiger partial charge in [-0.2, -0.15) is 5.26 Å². The van der Waals surface area contributed by atoms with Crippen molar-refractivity contribution in [1.29, 1.82) is 5.26 Å². The smallest absolute Gasteiger partial charge is 0.321 e. The van der Waals surface area contributed by atoms with Gasteiger partial charge in [0.15, 0.2) is 0 Å². The molecule has 5 nitrogen and oxygen atoms in total. The lowest BCUT2D eigenvalue weighted by atomic mass is 9.92. The van der Waals surface area contributed by atoms with Crippen molar-refractivity contribution in [2.45, 2.75) is 24.9 Å². The maximum atomic E-state index is 12.4. The van der Waals surface area contributed by atoms with E-state index in [0.717, 1.165) is 47.5 Å². The number of aromatic nitrogens is 1. The molecular formula is C25H23N3O2S. The Morgan fingerprint density at radius 3 is 2.65 bits per heavy atom. The number of thioether (sulfide) groups is 1. The van der Waals surface area contributed by atoms with Gasteiger partial charge in [-0.15, -0.1) is 0 Å². The van der Waals surface area contributed by atoms with Gasteiger partial charge in [0.2, 0.25) is 0 Å². The number of aryl methyl sites for hydroxylation is 1. The Hall–Kier alpha value is -3.14. The number of nitriles is 1. The maximum absolute atomic E-state index is 12.4. The van der Waals surface area contributed by atoms with Gasteiger partial charge in [-0.05, 0) is 37.2 Å². The molecule has 0 bridgehead atoms. The van der Waals surface area contributed by atoms with E-state index in [1.54, 1.807) is 12.1 Å². The third-order valence-corrected chi connectivity index (χ3v) is 6.21. The number of hydrogen-bond donors (Lipinski definition) is 0. The van der Waals surface area contributed by atoms with Crippen molar-refractivity contribution < 1.29 is 9.53 Å². The molecule has 0 aliphatic carbocycles. The van der Waals surface area contributed by atoms with Crippen molar-refractivity contribution in [1.82, 2.24) is 9.88 Å². The Morgan fingerprint density at radius 1 is 1.19 bits per heavy atom. The highest BCUT2D eigenvalue weighted by atomic mass is 32.2. The van der Waals surface area contributed by atoms with Crippen LogP contribution in [0.3, 0.4) is 0 Å². The highest BCUT2D eigenvalue weighted by Crippen LogP contribution is 2.37. The predicted molar refractivity (Wildman–Crippen MR) is 122 cm³/mol. The normalized spacial score (nSPS) is 13.3. The molecule has 0 saturated heterocycles. The second kappa shape index (κ2) is 9.34. The zero-order valence-corrected chi connectivity index (χ0v) is 18.4. The molecule has 0 saturated carbocycles. The van der Waals surface area contributed by atoms with Crippen molar-refractivity contribution in [2.75, 3.05) is 19.3 Å². The summed E-state index contributed by atoms with van der Waals surface area (Å²) in [5.41, 5.74) is 5.65. The van der Waals surface area contributed by atoms with Crippen molar-refractivity contribution >= 4 is 17.7 Å². The van der Waals surface area contributed by atoms with Crippen molar-refractivity contribution in [3.8, 4) is 22.9 Å². The van der Waals surface area contributed by atoms with E-state index in [-0.39, 0.29) is 11.7 Å². The number of carbonyl (C=O) groups is 1. The number of ether oxygens (including phenoxy) is 1. The molecule has 1 aliphatic rings. The molecule has 0 fully saturated rings. The molecule has 1 aromatic heterocycles. The Bertz CT molecular complexity index is 1140. The Kier molecular flexibility index (Phi) is 6.36. The standard InChI is InChI=1S/C25H23N3O2S/c1-17-8-10-19(11-9-17)30-23(29)16-31-25-20(14-26)24(18-6-4-3-5-7-18)21-15-28(2)13-12-22(21)27-25/h3-11H,12-13,15-16H2,1-2H3. The lowest BCUT2D eigenvalue weighted by molar-refractivity contribution is -0.131. The number of rotatable bonds is 5. The van der Waals surface area contributed by atoms with Crippen molar-refractivity contribution in [2.24, 2.45) is 0 Å². The minimum Gasteiger partial charge on any atom is -0.426 e. The lowest BCUT2D eigenvalue weighted by Gasteiger charge is -2.28. The van der Waals surface area contributed by atoms with E-state index in [2.05, 4.69) is 18.0 Å². The quantitative estimate of drug-likeness (QED) is 0.335. The second-order valence-electron chi connectivity index (χ2n) is 7.63. The molecule has 0 N–H and O–H groups in total. The number of esters is 1. The van der Waals surface area contributed by atoms with Crippen LogP contribution in [0.25, 0.3) is 11.1 Å². The molecule has 0 amide bonds. The van der Waals surface area contributed by atoms with Crippen LogP contribution in [0.1, 0.15) is 22.4 Å². The third-order valence-electron chi connectivity index (χ3n) is 5.26. The molecule has 31 heavy (non-hydrogen) atoms. The minimum absolute atomic E-state index is 0.0858. The number of nitrogens with zero attached hydrogens (tertiary/aromatic N) is 3. The first-order valence-electron chi connectivity index (χ1n) is 10.1. The first-order valence-corrected chi connectivity index (χ1v) is 11.1. The van der Waals surface area contributed by atoms with E-state index < -0.39 is 0 Å². The molecule has 4 rings (SSSR count). The molecule has 0 atom stereocenters. The Morgan fingerprint density at radius 2 is 1.94 bits per heavy atom. The molecule has 0 unspecified atom stereocenters. The number of fused-ring (bicyclic) bond motifs is 1. The average molecular weight is 430 g/mol. The monoisotopic (exact) mass is 429 g/mol. The summed E-state index contributed by atoms with van der Waals surface area (Å²) in [6, 6.07) is 19.7. The predicted octanol–water partition coefficient (Wildman–Crippen LogP) is 4.61. The number of carbonyl (C=O) groups excluding carboxylic acids is 1. The van der Waals surface area contributed by atoms with Crippen LogP contribution in [0.2, 0.25) is 0 Å². The zero-order chi connectivity index (χ0) is 21.8. The molecular weight excluding hydrogens is 406 g/mol. The number of hydrogen-bond acceptors (Lipinski definition) is 6. The Balaban J connectivity index is 1.64. The van der Waals surface area contributed by atoms with Gasteiger partial charge in [-0.3, -0.25) is 4.79 Å². The summed E-state index contributed by atoms with van der Waals surface area (Å²) < 4.78 is 5.43. The van der Waals surface area contributed by atoms with E-state index in [4.69, 9.17) is 9.72 Å². The summed E-state index contributed by atoms with van der Waals surface area (Å²) in [6.07, 6.45) is 0.818. The maximum Gasteiger partial charge on any atom is 0.321 e. The summed E-state index contributed by atoms with van der Waals surface area (Å²) >= 11 is 1.26. The molecule has 156 valence electrons. The molecule has 1 aliphatic heterocycles. The Labute approximate surface area is 186 Å². The molecule has 2 heterocycles. The van der Waals surface area contributed by atoms with Gasteiger partial charge >= 0.3 is 5.97 Å². The van der Waals surface area contributed by atoms with Crippen LogP contribution < -0.4 is 4.74 Å². The highest BCUT2D eigenvalue weighted by Gasteiger charge is 2.25.